The second-order valence-corrected chi connectivity index (χ2v) is 5.46. The standard InChI is InChI=1S/C13H10Br2N2O4/c1-19-10-3-8(15)11(4-7(10)14)21-12-6-16-5-9(17-12)13(18)20-2/h3-6H,1-2H3. The van der Waals surface area contributed by atoms with Crippen LogP contribution in [-0.4, -0.2) is 30.2 Å². The molecule has 110 valence electrons. The average Bonchev–Trinajstić information content (AvgIpc) is 2.50. The monoisotopic (exact) mass is 416 g/mol. The van der Waals surface area contributed by atoms with Crippen LogP contribution in [0.2, 0.25) is 0 Å². The van der Waals surface area contributed by atoms with E-state index < -0.39 is 5.97 Å². The van der Waals surface area contributed by atoms with Gasteiger partial charge in [0.1, 0.15) is 11.5 Å². The van der Waals surface area contributed by atoms with E-state index in [0.29, 0.717) is 16.0 Å². The maximum atomic E-state index is 11.4. The van der Waals surface area contributed by atoms with Crippen LogP contribution in [0.5, 0.6) is 17.4 Å². The number of nitrogens with zero attached hydrogens (tertiary/aromatic N) is 2. The number of methoxy groups -OCH3 is 2. The molecule has 0 unspecified atom stereocenters. The Bertz CT molecular complexity index is 679. The van der Waals surface area contributed by atoms with E-state index in [9.17, 15) is 4.79 Å². The zero-order valence-corrected chi connectivity index (χ0v) is 14.3. The van der Waals surface area contributed by atoms with E-state index in [2.05, 4.69) is 46.6 Å². The number of esters is 1. The van der Waals surface area contributed by atoms with Gasteiger partial charge in [-0.05, 0) is 44.0 Å². The van der Waals surface area contributed by atoms with Gasteiger partial charge in [-0.2, -0.15) is 0 Å². The number of aromatic nitrogens is 2. The second-order valence-electron chi connectivity index (χ2n) is 3.75. The Morgan fingerprint density at radius 1 is 1.10 bits per heavy atom. The Balaban J connectivity index is 2.30. The molecule has 0 spiro atoms. The average molecular weight is 418 g/mol. The van der Waals surface area contributed by atoms with E-state index in [1.807, 2.05) is 0 Å². The number of carbonyl (C=O) groups is 1. The van der Waals surface area contributed by atoms with Gasteiger partial charge in [0.05, 0.1) is 35.6 Å². The number of ether oxygens (including phenoxy) is 3. The van der Waals surface area contributed by atoms with Crippen LogP contribution in [-0.2, 0) is 4.74 Å². The van der Waals surface area contributed by atoms with E-state index in [0.717, 1.165) is 4.47 Å². The van der Waals surface area contributed by atoms with Gasteiger partial charge in [0.2, 0.25) is 5.88 Å². The van der Waals surface area contributed by atoms with Crippen molar-refractivity contribution in [1.82, 2.24) is 9.97 Å². The minimum Gasteiger partial charge on any atom is -0.496 e. The van der Waals surface area contributed by atoms with Gasteiger partial charge in [-0.25, -0.2) is 9.78 Å². The Morgan fingerprint density at radius 3 is 2.43 bits per heavy atom. The van der Waals surface area contributed by atoms with Crippen molar-refractivity contribution >= 4 is 37.8 Å². The van der Waals surface area contributed by atoms with Crippen molar-refractivity contribution in [1.29, 1.82) is 0 Å². The molecule has 1 aromatic carbocycles. The van der Waals surface area contributed by atoms with Gasteiger partial charge in [0.15, 0.2) is 5.69 Å². The van der Waals surface area contributed by atoms with Gasteiger partial charge in [0.25, 0.3) is 0 Å². The number of halogens is 2. The summed E-state index contributed by atoms with van der Waals surface area (Å²) in [4.78, 5) is 19.3. The van der Waals surface area contributed by atoms with E-state index in [1.54, 1.807) is 19.2 Å². The van der Waals surface area contributed by atoms with Crippen molar-refractivity contribution in [3.05, 3.63) is 39.2 Å². The number of rotatable bonds is 4. The molecule has 0 saturated heterocycles. The molecule has 0 N–H and O–H groups in total. The molecule has 0 atom stereocenters. The summed E-state index contributed by atoms with van der Waals surface area (Å²) >= 11 is 6.74. The number of benzene rings is 1. The molecular weight excluding hydrogens is 408 g/mol. The molecule has 0 fully saturated rings. The first-order valence-corrected chi connectivity index (χ1v) is 7.25. The molecule has 0 aliphatic heterocycles. The number of hydrogen-bond acceptors (Lipinski definition) is 6. The molecule has 0 amide bonds. The van der Waals surface area contributed by atoms with Gasteiger partial charge in [0, 0.05) is 0 Å². The van der Waals surface area contributed by atoms with Crippen LogP contribution in [0.3, 0.4) is 0 Å². The van der Waals surface area contributed by atoms with Crippen molar-refractivity contribution < 1.29 is 19.0 Å². The summed E-state index contributed by atoms with van der Waals surface area (Å²) in [6, 6.07) is 3.46. The van der Waals surface area contributed by atoms with Gasteiger partial charge >= 0.3 is 5.97 Å². The summed E-state index contributed by atoms with van der Waals surface area (Å²) in [7, 11) is 2.84. The molecule has 6 nitrogen and oxygen atoms in total. The third-order valence-corrected chi connectivity index (χ3v) is 3.67. The molecule has 1 aromatic heterocycles. The Morgan fingerprint density at radius 2 is 1.76 bits per heavy atom. The van der Waals surface area contributed by atoms with Crippen molar-refractivity contribution in [2.24, 2.45) is 0 Å². The summed E-state index contributed by atoms with van der Waals surface area (Å²) in [6.45, 7) is 0. The molecule has 0 aliphatic rings. The zero-order chi connectivity index (χ0) is 15.4. The summed E-state index contributed by atoms with van der Waals surface area (Å²) in [6.07, 6.45) is 2.70. The smallest absolute Gasteiger partial charge is 0.358 e. The van der Waals surface area contributed by atoms with Crippen molar-refractivity contribution in [3.8, 4) is 17.4 Å². The lowest BCUT2D eigenvalue weighted by Gasteiger charge is -2.10. The minimum atomic E-state index is -0.581. The van der Waals surface area contributed by atoms with Crippen LogP contribution in [0.4, 0.5) is 0 Å². The topological polar surface area (TPSA) is 70.5 Å². The van der Waals surface area contributed by atoms with E-state index in [1.165, 1.54) is 19.5 Å². The van der Waals surface area contributed by atoms with Crippen LogP contribution in [0.1, 0.15) is 10.5 Å². The highest BCUT2D eigenvalue weighted by atomic mass is 79.9. The predicted molar refractivity (Wildman–Crippen MR) is 81.8 cm³/mol. The van der Waals surface area contributed by atoms with Crippen LogP contribution in [0.25, 0.3) is 0 Å². The number of carbonyl (C=O) groups excluding carboxylic acids is 1. The van der Waals surface area contributed by atoms with Gasteiger partial charge < -0.3 is 14.2 Å². The maximum Gasteiger partial charge on any atom is 0.358 e. The first-order valence-electron chi connectivity index (χ1n) is 5.66. The molecule has 2 aromatic rings. The van der Waals surface area contributed by atoms with Crippen LogP contribution >= 0.6 is 31.9 Å². The van der Waals surface area contributed by atoms with Crippen molar-refractivity contribution in [3.63, 3.8) is 0 Å². The minimum absolute atomic E-state index is 0.0682. The van der Waals surface area contributed by atoms with Gasteiger partial charge in [-0.15, -0.1) is 0 Å². The number of hydrogen-bond donors (Lipinski definition) is 0. The Kier molecular flexibility index (Phi) is 5.13. The highest BCUT2D eigenvalue weighted by molar-refractivity contribution is 9.11. The Hall–Kier alpha value is -1.67. The molecule has 2 rings (SSSR count). The molecule has 1 heterocycles. The lowest BCUT2D eigenvalue weighted by molar-refractivity contribution is 0.0592. The van der Waals surface area contributed by atoms with E-state index in [-0.39, 0.29) is 11.6 Å². The van der Waals surface area contributed by atoms with Crippen molar-refractivity contribution in [2.45, 2.75) is 0 Å². The second kappa shape index (κ2) is 6.86. The molecular formula is C13H10Br2N2O4. The first-order chi connectivity index (χ1) is 10.0. The summed E-state index contributed by atoms with van der Waals surface area (Å²) < 4.78 is 16.8. The molecule has 21 heavy (non-hydrogen) atoms. The highest BCUT2D eigenvalue weighted by Gasteiger charge is 2.13. The van der Waals surface area contributed by atoms with Crippen LogP contribution < -0.4 is 9.47 Å². The predicted octanol–water partition coefficient (Wildman–Crippen LogP) is 3.59. The van der Waals surface area contributed by atoms with E-state index in [4.69, 9.17) is 9.47 Å². The highest BCUT2D eigenvalue weighted by Crippen LogP contribution is 2.37. The fourth-order valence-corrected chi connectivity index (χ4v) is 2.35. The lowest BCUT2D eigenvalue weighted by atomic mass is 10.3. The van der Waals surface area contributed by atoms with Crippen LogP contribution in [0, 0.1) is 0 Å². The molecule has 8 heteroatoms. The summed E-state index contributed by atoms with van der Waals surface area (Å²) in [5.74, 6) is 0.751. The van der Waals surface area contributed by atoms with E-state index >= 15 is 0 Å². The molecule has 0 bridgehead atoms. The zero-order valence-electron chi connectivity index (χ0n) is 11.1. The fraction of sp³-hybridized carbons (Fsp3) is 0.154. The molecule has 0 radical (unpaired) electrons. The van der Waals surface area contributed by atoms with Crippen molar-refractivity contribution in [2.75, 3.05) is 14.2 Å². The largest absolute Gasteiger partial charge is 0.496 e. The maximum absolute atomic E-state index is 11.4. The van der Waals surface area contributed by atoms with Gasteiger partial charge in [-0.1, -0.05) is 0 Å². The Labute approximate surface area is 137 Å². The summed E-state index contributed by atoms with van der Waals surface area (Å²) in [5, 5.41) is 0. The fourth-order valence-electron chi connectivity index (χ4n) is 1.46. The third kappa shape index (κ3) is 3.70. The SMILES string of the molecule is COC(=O)c1cncc(Oc2cc(Br)c(OC)cc2Br)n1. The lowest BCUT2D eigenvalue weighted by Crippen LogP contribution is -2.05. The third-order valence-electron chi connectivity index (χ3n) is 2.43. The normalized spacial score (nSPS) is 10.1. The summed E-state index contributed by atoms with van der Waals surface area (Å²) in [5.41, 5.74) is 0.0682. The quantitative estimate of drug-likeness (QED) is 0.708. The molecule has 0 aliphatic carbocycles. The van der Waals surface area contributed by atoms with Crippen LogP contribution in [0.15, 0.2) is 33.5 Å². The van der Waals surface area contributed by atoms with Gasteiger partial charge in [-0.3, -0.25) is 4.98 Å². The molecule has 0 saturated carbocycles. The first kappa shape index (κ1) is 15.7.